The first-order valence-corrected chi connectivity index (χ1v) is 6.39. The maximum atomic E-state index is 13.0. The van der Waals surface area contributed by atoms with E-state index in [0.717, 1.165) is 16.7 Å². The van der Waals surface area contributed by atoms with Gasteiger partial charge in [-0.25, -0.2) is 4.39 Å². The Balaban J connectivity index is 2.22. The van der Waals surface area contributed by atoms with Crippen molar-refractivity contribution >= 4 is 17.4 Å². The van der Waals surface area contributed by atoms with Crippen LogP contribution in [-0.4, -0.2) is 5.78 Å². The fraction of sp³-hybridized carbons (Fsp3) is 0.188. The van der Waals surface area contributed by atoms with Crippen LogP contribution < -0.4 is 0 Å². The summed E-state index contributed by atoms with van der Waals surface area (Å²) < 4.78 is 13.0. The van der Waals surface area contributed by atoms with Crippen LogP contribution in [0.25, 0.3) is 0 Å². The molecular weight excluding hydrogens is 263 g/mol. The summed E-state index contributed by atoms with van der Waals surface area (Å²) in [6.45, 7) is 3.91. The second-order valence-corrected chi connectivity index (χ2v) is 5.13. The number of rotatable bonds is 3. The summed E-state index contributed by atoms with van der Waals surface area (Å²) in [5, 5.41) is 0.0470. The average molecular weight is 277 g/mol. The van der Waals surface area contributed by atoms with Crippen molar-refractivity contribution in [3.63, 3.8) is 0 Å². The second-order valence-electron chi connectivity index (χ2n) is 4.72. The van der Waals surface area contributed by atoms with Crippen LogP contribution in [0.4, 0.5) is 4.39 Å². The predicted molar refractivity (Wildman–Crippen MR) is 75.4 cm³/mol. The Kier molecular flexibility index (Phi) is 4.01. The smallest absolute Gasteiger partial charge is 0.167 e. The summed E-state index contributed by atoms with van der Waals surface area (Å²) in [6.07, 6.45) is 0.225. The summed E-state index contributed by atoms with van der Waals surface area (Å²) in [5.41, 5.74) is 3.51. The number of hydrogen-bond acceptors (Lipinski definition) is 1. The highest BCUT2D eigenvalue weighted by atomic mass is 35.5. The molecule has 98 valence electrons. The monoisotopic (exact) mass is 276 g/mol. The molecule has 0 radical (unpaired) electrons. The van der Waals surface area contributed by atoms with Crippen molar-refractivity contribution in [2.45, 2.75) is 20.3 Å². The van der Waals surface area contributed by atoms with Gasteiger partial charge in [-0.05, 0) is 43.7 Å². The second kappa shape index (κ2) is 5.54. The van der Waals surface area contributed by atoms with Crippen LogP contribution in [0.15, 0.2) is 36.4 Å². The van der Waals surface area contributed by atoms with Crippen LogP contribution in [-0.2, 0) is 6.42 Å². The van der Waals surface area contributed by atoms with E-state index >= 15 is 0 Å². The molecule has 2 aromatic carbocycles. The molecule has 0 bridgehead atoms. The lowest BCUT2D eigenvalue weighted by Gasteiger charge is -2.05. The van der Waals surface area contributed by atoms with Gasteiger partial charge in [-0.1, -0.05) is 34.9 Å². The summed E-state index contributed by atoms with van der Waals surface area (Å²) in [5.74, 6) is -0.459. The molecule has 19 heavy (non-hydrogen) atoms. The Hall–Kier alpha value is -1.67. The van der Waals surface area contributed by atoms with Gasteiger partial charge in [-0.2, -0.15) is 0 Å². The highest BCUT2D eigenvalue weighted by Gasteiger charge is 2.09. The Morgan fingerprint density at radius 2 is 1.74 bits per heavy atom. The zero-order chi connectivity index (χ0) is 14.0. The van der Waals surface area contributed by atoms with E-state index in [9.17, 15) is 9.18 Å². The van der Waals surface area contributed by atoms with Gasteiger partial charge >= 0.3 is 0 Å². The molecule has 2 rings (SSSR count). The summed E-state index contributed by atoms with van der Waals surface area (Å²) in [6, 6.07) is 10.1. The summed E-state index contributed by atoms with van der Waals surface area (Å²) in [4.78, 5) is 12.2. The number of aryl methyl sites for hydroxylation is 2. The van der Waals surface area contributed by atoms with Crippen molar-refractivity contribution in [3.8, 4) is 0 Å². The van der Waals surface area contributed by atoms with Crippen molar-refractivity contribution in [2.24, 2.45) is 0 Å². The molecule has 0 saturated carbocycles. The lowest BCUT2D eigenvalue weighted by Crippen LogP contribution is -2.04. The number of carbonyl (C=O) groups excluding carboxylic acids is 1. The van der Waals surface area contributed by atoms with E-state index in [-0.39, 0.29) is 17.2 Å². The van der Waals surface area contributed by atoms with Crippen molar-refractivity contribution in [3.05, 3.63) is 69.5 Å². The molecule has 0 aromatic heterocycles. The first-order valence-electron chi connectivity index (χ1n) is 6.01. The van der Waals surface area contributed by atoms with E-state index in [2.05, 4.69) is 0 Å². The molecule has 0 amide bonds. The van der Waals surface area contributed by atoms with Crippen molar-refractivity contribution in [1.82, 2.24) is 0 Å². The van der Waals surface area contributed by atoms with Crippen LogP contribution in [0, 0.1) is 19.7 Å². The van der Waals surface area contributed by atoms with Crippen LogP contribution in [0.5, 0.6) is 0 Å². The van der Waals surface area contributed by atoms with Crippen molar-refractivity contribution in [1.29, 1.82) is 0 Å². The first-order chi connectivity index (χ1) is 8.95. The molecule has 0 aliphatic heterocycles. The molecule has 0 aliphatic rings. The van der Waals surface area contributed by atoms with Crippen LogP contribution in [0.3, 0.4) is 0 Å². The Labute approximate surface area is 117 Å². The van der Waals surface area contributed by atoms with Crippen LogP contribution in [0.2, 0.25) is 5.02 Å². The number of carbonyl (C=O) groups is 1. The third-order valence-electron chi connectivity index (χ3n) is 2.89. The summed E-state index contributed by atoms with van der Waals surface area (Å²) >= 11 is 5.71. The maximum Gasteiger partial charge on any atom is 0.167 e. The molecule has 0 N–H and O–H groups in total. The van der Waals surface area contributed by atoms with E-state index in [1.54, 1.807) is 6.07 Å². The maximum absolute atomic E-state index is 13.0. The fourth-order valence-electron chi connectivity index (χ4n) is 2.07. The fourth-order valence-corrected chi connectivity index (χ4v) is 2.28. The quantitative estimate of drug-likeness (QED) is 0.753. The van der Waals surface area contributed by atoms with E-state index < -0.39 is 5.82 Å². The molecule has 2 aromatic rings. The number of Topliss-reactive ketones (excluding diaryl/α,β-unsaturated/α-hetero) is 1. The molecule has 0 spiro atoms. The topological polar surface area (TPSA) is 17.1 Å². The SMILES string of the molecule is Cc1cc(C)cc(C(=O)Cc2ccc(F)c(Cl)c2)c1. The molecule has 1 nitrogen and oxygen atoms in total. The molecule has 0 heterocycles. The van der Waals surface area contributed by atoms with Gasteiger partial charge in [-0.3, -0.25) is 4.79 Å². The van der Waals surface area contributed by atoms with E-state index in [4.69, 9.17) is 11.6 Å². The van der Waals surface area contributed by atoms with Crippen LogP contribution >= 0.6 is 11.6 Å². The van der Waals surface area contributed by atoms with Gasteiger partial charge in [0.1, 0.15) is 5.82 Å². The minimum absolute atomic E-state index is 0.00877. The van der Waals surface area contributed by atoms with Crippen LogP contribution in [0.1, 0.15) is 27.0 Å². The van der Waals surface area contributed by atoms with Gasteiger partial charge in [-0.15, -0.1) is 0 Å². The van der Waals surface area contributed by atoms with Gasteiger partial charge in [0, 0.05) is 12.0 Å². The highest BCUT2D eigenvalue weighted by Crippen LogP contribution is 2.18. The average Bonchev–Trinajstić information content (AvgIpc) is 2.32. The largest absolute Gasteiger partial charge is 0.294 e. The first kappa shape index (κ1) is 13.8. The highest BCUT2D eigenvalue weighted by molar-refractivity contribution is 6.30. The van der Waals surface area contributed by atoms with Gasteiger partial charge in [0.25, 0.3) is 0 Å². The lowest BCUT2D eigenvalue weighted by atomic mass is 9.99. The zero-order valence-corrected chi connectivity index (χ0v) is 11.6. The third kappa shape index (κ3) is 3.42. The standard InChI is InChI=1S/C16H14ClFO/c1-10-5-11(2)7-13(6-10)16(19)9-12-3-4-15(18)14(17)8-12/h3-8H,9H2,1-2H3. The molecule has 0 atom stereocenters. The predicted octanol–water partition coefficient (Wildman–Crippen LogP) is 4.52. The van der Waals surface area contributed by atoms with Gasteiger partial charge < -0.3 is 0 Å². The van der Waals surface area contributed by atoms with Gasteiger partial charge in [0.15, 0.2) is 5.78 Å². The Morgan fingerprint density at radius 1 is 1.11 bits per heavy atom. The van der Waals surface area contributed by atoms with Crippen molar-refractivity contribution < 1.29 is 9.18 Å². The third-order valence-corrected chi connectivity index (χ3v) is 3.18. The number of benzene rings is 2. The number of halogens is 2. The van der Waals surface area contributed by atoms with E-state index in [1.165, 1.54) is 12.1 Å². The molecular formula is C16H14ClFO. The van der Waals surface area contributed by atoms with E-state index in [1.807, 2.05) is 32.0 Å². The van der Waals surface area contributed by atoms with Gasteiger partial charge in [0.2, 0.25) is 0 Å². The minimum atomic E-state index is -0.468. The van der Waals surface area contributed by atoms with Crippen molar-refractivity contribution in [2.75, 3.05) is 0 Å². The number of hydrogen-bond donors (Lipinski definition) is 0. The molecule has 0 unspecified atom stereocenters. The minimum Gasteiger partial charge on any atom is -0.294 e. The Bertz CT molecular complexity index is 614. The molecule has 0 fully saturated rings. The molecule has 0 aliphatic carbocycles. The zero-order valence-electron chi connectivity index (χ0n) is 10.8. The van der Waals surface area contributed by atoms with E-state index in [0.29, 0.717) is 5.56 Å². The number of ketones is 1. The molecule has 3 heteroatoms. The van der Waals surface area contributed by atoms with Gasteiger partial charge in [0.05, 0.1) is 5.02 Å². The normalized spacial score (nSPS) is 10.5. The molecule has 0 saturated heterocycles. The Morgan fingerprint density at radius 3 is 2.32 bits per heavy atom. The lowest BCUT2D eigenvalue weighted by molar-refractivity contribution is 0.0993. The summed E-state index contributed by atoms with van der Waals surface area (Å²) in [7, 11) is 0.